The van der Waals surface area contributed by atoms with E-state index in [-0.39, 0.29) is 11.5 Å². The number of piperidine rings is 2. The summed E-state index contributed by atoms with van der Waals surface area (Å²) >= 11 is 0. The van der Waals surface area contributed by atoms with Crippen LogP contribution >= 0.6 is 0 Å². The van der Waals surface area contributed by atoms with Gasteiger partial charge < -0.3 is 21.1 Å². The fourth-order valence-electron chi connectivity index (χ4n) is 6.00. The smallest absolute Gasteiger partial charge is 0.0540 e. The summed E-state index contributed by atoms with van der Waals surface area (Å²) in [4.78, 5) is 5.25. The molecule has 0 saturated carbocycles. The number of hydrogen-bond acceptors (Lipinski definition) is 5. The van der Waals surface area contributed by atoms with Crippen LogP contribution in [0, 0.1) is 24.7 Å². The van der Waals surface area contributed by atoms with Crippen LogP contribution in [-0.2, 0) is 0 Å². The predicted octanol–water partition coefficient (Wildman–Crippen LogP) is 6.46. The summed E-state index contributed by atoms with van der Waals surface area (Å²) in [6.45, 7) is 21.5. The first-order chi connectivity index (χ1) is 19.1. The van der Waals surface area contributed by atoms with Crippen molar-refractivity contribution >= 4 is 11.8 Å². The van der Waals surface area contributed by atoms with E-state index >= 15 is 0 Å². The maximum Gasteiger partial charge on any atom is 0.0540 e. The molecule has 2 saturated heterocycles. The van der Waals surface area contributed by atoms with Crippen LogP contribution in [0.3, 0.4) is 0 Å². The van der Waals surface area contributed by atoms with Crippen LogP contribution in [0.5, 0.6) is 0 Å². The Hall–Kier alpha value is -2.60. The SMILES string of the molecule is C=Cc1ccc(N2CCCC3(CCN(C/C(=C/NCC(C)(C)C)C(N)c4ccc(C)c(C)c4)CC3)C2)cc1.CO. The van der Waals surface area contributed by atoms with E-state index in [9.17, 15) is 0 Å². The molecule has 2 fully saturated rings. The van der Waals surface area contributed by atoms with Gasteiger partial charge in [-0.2, -0.15) is 0 Å². The average molecular weight is 547 g/mol. The van der Waals surface area contributed by atoms with Crippen molar-refractivity contribution in [3.05, 3.63) is 83.1 Å². The Morgan fingerprint density at radius 3 is 2.30 bits per heavy atom. The monoisotopic (exact) mass is 546 g/mol. The number of nitrogens with one attached hydrogen (secondary N) is 1. The minimum absolute atomic E-state index is 0.0960. The third kappa shape index (κ3) is 8.70. The van der Waals surface area contributed by atoms with E-state index in [0.717, 1.165) is 39.8 Å². The van der Waals surface area contributed by atoms with Gasteiger partial charge in [-0.15, -0.1) is 0 Å². The van der Waals surface area contributed by atoms with Crippen LogP contribution in [0.15, 0.2) is 60.8 Å². The molecule has 40 heavy (non-hydrogen) atoms. The molecule has 0 amide bonds. The summed E-state index contributed by atoms with van der Waals surface area (Å²) in [6, 6.07) is 15.5. The van der Waals surface area contributed by atoms with E-state index in [1.165, 1.54) is 65.7 Å². The second-order valence-electron chi connectivity index (χ2n) is 13.1. The van der Waals surface area contributed by atoms with E-state index in [1.54, 1.807) is 0 Å². The highest BCUT2D eigenvalue weighted by Crippen LogP contribution is 2.41. The maximum atomic E-state index is 7.00. The average Bonchev–Trinajstić information content (AvgIpc) is 2.95. The van der Waals surface area contributed by atoms with Crippen molar-refractivity contribution < 1.29 is 5.11 Å². The van der Waals surface area contributed by atoms with Crippen molar-refractivity contribution in [2.75, 3.05) is 51.3 Å². The van der Waals surface area contributed by atoms with E-state index in [4.69, 9.17) is 10.8 Å². The molecule has 0 radical (unpaired) electrons. The van der Waals surface area contributed by atoms with Gasteiger partial charge in [0.2, 0.25) is 0 Å². The Labute approximate surface area is 244 Å². The molecule has 220 valence electrons. The molecule has 1 spiro atoms. The van der Waals surface area contributed by atoms with Gasteiger partial charge in [-0.1, -0.05) is 63.8 Å². The van der Waals surface area contributed by atoms with E-state index in [0.29, 0.717) is 5.41 Å². The van der Waals surface area contributed by atoms with Gasteiger partial charge in [0.25, 0.3) is 0 Å². The Balaban J connectivity index is 0.00000216. The summed E-state index contributed by atoms with van der Waals surface area (Å²) in [6.07, 6.45) is 9.28. The van der Waals surface area contributed by atoms with Crippen molar-refractivity contribution in [2.45, 2.75) is 66.3 Å². The lowest BCUT2D eigenvalue weighted by Crippen LogP contribution is -2.50. The molecular weight excluding hydrogens is 492 g/mol. The second kappa shape index (κ2) is 14.3. The van der Waals surface area contributed by atoms with Gasteiger partial charge in [-0.3, -0.25) is 4.90 Å². The molecule has 1 unspecified atom stereocenters. The van der Waals surface area contributed by atoms with Crippen LogP contribution in [0.1, 0.15) is 74.8 Å². The number of rotatable bonds is 8. The molecule has 1 atom stereocenters. The lowest BCUT2D eigenvalue weighted by atomic mass is 9.72. The van der Waals surface area contributed by atoms with Crippen LogP contribution in [-0.4, -0.2) is 56.4 Å². The maximum absolute atomic E-state index is 7.00. The molecule has 5 heteroatoms. The van der Waals surface area contributed by atoms with Crippen molar-refractivity contribution in [2.24, 2.45) is 16.6 Å². The van der Waals surface area contributed by atoms with Gasteiger partial charge in [0.05, 0.1) is 6.04 Å². The number of aliphatic hydroxyl groups excluding tert-OH is 1. The van der Waals surface area contributed by atoms with Crippen molar-refractivity contribution in [1.82, 2.24) is 10.2 Å². The molecule has 2 aliphatic rings. The third-order valence-corrected chi connectivity index (χ3v) is 8.69. The highest BCUT2D eigenvalue weighted by atomic mass is 16.2. The normalized spacial score (nSPS) is 18.6. The quantitative estimate of drug-likeness (QED) is 0.355. The minimum Gasteiger partial charge on any atom is -0.400 e. The standard InChI is InChI=1S/C34H50N4.CH4O/c1-7-28-10-13-31(14-11-28)38-18-8-15-34(25-38)16-19-37(20-17-34)23-30(22-36-24-33(4,5)6)32(35)29-12-9-26(2)27(3)21-29;1-2/h7,9-14,21-22,32,36H,1,8,15-20,23-25,35H2,2-6H3;2H,1H3/b30-22-;. The van der Waals surface area contributed by atoms with E-state index in [1.807, 2.05) is 6.08 Å². The van der Waals surface area contributed by atoms with Crippen molar-refractivity contribution in [3.63, 3.8) is 0 Å². The van der Waals surface area contributed by atoms with Crippen molar-refractivity contribution in [1.29, 1.82) is 0 Å². The summed E-state index contributed by atoms with van der Waals surface area (Å²) in [5.74, 6) is 0. The summed E-state index contributed by atoms with van der Waals surface area (Å²) < 4.78 is 0. The Morgan fingerprint density at radius 1 is 1.02 bits per heavy atom. The zero-order chi connectivity index (χ0) is 29.3. The minimum atomic E-state index is -0.0960. The van der Waals surface area contributed by atoms with Gasteiger partial charge in [0.15, 0.2) is 0 Å². The summed E-state index contributed by atoms with van der Waals surface area (Å²) in [5.41, 5.74) is 15.2. The molecule has 2 heterocycles. The van der Waals surface area contributed by atoms with Gasteiger partial charge >= 0.3 is 0 Å². The first kappa shape index (κ1) is 31.9. The van der Waals surface area contributed by atoms with Gasteiger partial charge in [0.1, 0.15) is 0 Å². The number of aryl methyl sites for hydroxylation is 2. The molecule has 0 bridgehead atoms. The van der Waals surface area contributed by atoms with Gasteiger partial charge in [-0.05, 0) is 110 Å². The van der Waals surface area contributed by atoms with Crippen LogP contribution in [0.2, 0.25) is 0 Å². The second-order valence-corrected chi connectivity index (χ2v) is 13.1. The van der Waals surface area contributed by atoms with Crippen molar-refractivity contribution in [3.8, 4) is 0 Å². The summed E-state index contributed by atoms with van der Waals surface area (Å²) in [7, 11) is 1.00. The van der Waals surface area contributed by atoms with Gasteiger partial charge in [0, 0.05) is 39.0 Å². The highest BCUT2D eigenvalue weighted by Gasteiger charge is 2.38. The molecule has 5 nitrogen and oxygen atoms in total. The number of likely N-dealkylation sites (tertiary alicyclic amines) is 1. The molecule has 2 aromatic rings. The Kier molecular flexibility index (Phi) is 11.4. The lowest BCUT2D eigenvalue weighted by molar-refractivity contribution is 0.0927. The molecule has 0 aromatic heterocycles. The fourth-order valence-corrected chi connectivity index (χ4v) is 6.00. The molecular formula is C35H54N4O. The number of hydrogen-bond donors (Lipinski definition) is 3. The zero-order valence-corrected chi connectivity index (χ0v) is 26.0. The van der Waals surface area contributed by atoms with Gasteiger partial charge in [-0.25, -0.2) is 0 Å². The number of nitrogens with zero attached hydrogens (tertiary/aromatic N) is 2. The first-order valence-corrected chi connectivity index (χ1v) is 15.0. The Bertz CT molecular complexity index is 1110. The summed E-state index contributed by atoms with van der Waals surface area (Å²) in [5, 5.41) is 10.6. The number of aliphatic hydroxyl groups is 1. The molecule has 0 aliphatic carbocycles. The molecule has 2 aromatic carbocycles. The topological polar surface area (TPSA) is 64.8 Å². The number of benzene rings is 2. The van der Waals surface area contributed by atoms with Crippen LogP contribution in [0.25, 0.3) is 6.08 Å². The zero-order valence-electron chi connectivity index (χ0n) is 26.0. The van der Waals surface area contributed by atoms with Crippen LogP contribution < -0.4 is 16.0 Å². The van der Waals surface area contributed by atoms with E-state index in [2.05, 4.69) is 105 Å². The fraction of sp³-hybridized carbons (Fsp3) is 0.543. The third-order valence-electron chi connectivity index (χ3n) is 8.69. The molecule has 4 rings (SSSR count). The predicted molar refractivity (Wildman–Crippen MR) is 173 cm³/mol. The molecule has 4 N–H and O–H groups in total. The molecule has 2 aliphatic heterocycles. The largest absolute Gasteiger partial charge is 0.400 e. The van der Waals surface area contributed by atoms with Crippen LogP contribution in [0.4, 0.5) is 5.69 Å². The lowest BCUT2D eigenvalue weighted by Gasteiger charge is -2.48. The first-order valence-electron chi connectivity index (χ1n) is 15.0. The van der Waals surface area contributed by atoms with E-state index < -0.39 is 0 Å². The number of nitrogens with two attached hydrogens (primary N) is 1. The Morgan fingerprint density at radius 2 is 1.70 bits per heavy atom. The highest BCUT2D eigenvalue weighted by molar-refractivity contribution is 5.55. The number of anilines is 1.